The zero-order chi connectivity index (χ0) is 8.39. The summed E-state index contributed by atoms with van der Waals surface area (Å²) < 4.78 is 10.5. The van der Waals surface area contributed by atoms with E-state index in [-0.39, 0.29) is 0 Å². The highest BCUT2D eigenvalue weighted by atomic mass is 16.6. The van der Waals surface area contributed by atoms with Gasteiger partial charge in [-0.3, -0.25) is 0 Å². The molecule has 1 aromatic carbocycles. The van der Waals surface area contributed by atoms with Gasteiger partial charge in [0.25, 0.3) is 0 Å². The van der Waals surface area contributed by atoms with Gasteiger partial charge in [0.05, 0.1) is 6.61 Å². The van der Waals surface area contributed by atoms with E-state index in [9.17, 15) is 0 Å². The number of hydrogen-bond acceptors (Lipinski definition) is 2. The number of rotatable bonds is 3. The van der Waals surface area contributed by atoms with Gasteiger partial charge in [-0.25, -0.2) is 0 Å². The Hall–Kier alpha value is -1.02. The van der Waals surface area contributed by atoms with Crippen molar-refractivity contribution in [2.75, 3.05) is 13.2 Å². The molecular formula is C10H11O2. The molecule has 1 aliphatic heterocycles. The van der Waals surface area contributed by atoms with Crippen molar-refractivity contribution < 1.29 is 9.47 Å². The van der Waals surface area contributed by atoms with Crippen LogP contribution in [0, 0.1) is 6.92 Å². The van der Waals surface area contributed by atoms with Gasteiger partial charge in [0.1, 0.15) is 18.5 Å². The van der Waals surface area contributed by atoms with Crippen molar-refractivity contribution in [3.8, 4) is 5.75 Å². The third-order valence-corrected chi connectivity index (χ3v) is 1.74. The zero-order valence-corrected chi connectivity index (χ0v) is 6.82. The maximum atomic E-state index is 5.45. The van der Waals surface area contributed by atoms with Crippen molar-refractivity contribution in [1.82, 2.24) is 0 Å². The minimum atomic E-state index is 0.318. The van der Waals surface area contributed by atoms with Gasteiger partial charge < -0.3 is 9.47 Å². The van der Waals surface area contributed by atoms with Crippen LogP contribution in [0.1, 0.15) is 5.56 Å². The van der Waals surface area contributed by atoms with Crippen molar-refractivity contribution >= 4 is 0 Å². The molecule has 0 aromatic heterocycles. The van der Waals surface area contributed by atoms with Crippen molar-refractivity contribution in [3.05, 3.63) is 36.8 Å². The third-order valence-electron chi connectivity index (χ3n) is 1.74. The summed E-state index contributed by atoms with van der Waals surface area (Å²) in [7, 11) is 0. The van der Waals surface area contributed by atoms with Crippen LogP contribution in [-0.4, -0.2) is 19.3 Å². The lowest BCUT2D eigenvalue weighted by molar-refractivity contribution is 0.263. The molecule has 63 valence electrons. The van der Waals surface area contributed by atoms with E-state index >= 15 is 0 Å². The summed E-state index contributed by atoms with van der Waals surface area (Å²) in [5.74, 6) is 0.873. The Kier molecular flexibility index (Phi) is 2.00. The molecule has 1 aromatic rings. The fraction of sp³-hybridized carbons (Fsp3) is 0.300. The van der Waals surface area contributed by atoms with E-state index in [4.69, 9.17) is 9.47 Å². The van der Waals surface area contributed by atoms with Crippen LogP contribution >= 0.6 is 0 Å². The summed E-state index contributed by atoms with van der Waals surface area (Å²) >= 11 is 0. The molecule has 12 heavy (non-hydrogen) atoms. The molecule has 0 N–H and O–H groups in total. The van der Waals surface area contributed by atoms with E-state index < -0.39 is 0 Å². The quantitative estimate of drug-likeness (QED) is 0.632. The highest BCUT2D eigenvalue weighted by Gasteiger charge is 2.22. The molecule has 0 spiro atoms. The van der Waals surface area contributed by atoms with Gasteiger partial charge in [-0.15, -0.1) is 0 Å². The summed E-state index contributed by atoms with van der Waals surface area (Å²) in [5.41, 5.74) is 0.976. The van der Waals surface area contributed by atoms with E-state index in [1.54, 1.807) is 0 Å². The first-order valence-electron chi connectivity index (χ1n) is 4.01. The molecule has 0 aliphatic carbocycles. The largest absolute Gasteiger partial charge is 0.491 e. The highest BCUT2D eigenvalue weighted by molar-refractivity contribution is 5.29. The molecule has 0 amide bonds. The van der Waals surface area contributed by atoms with Crippen molar-refractivity contribution in [2.24, 2.45) is 0 Å². The topological polar surface area (TPSA) is 21.8 Å². The number of benzene rings is 1. The normalized spacial score (nSPS) is 20.6. The van der Waals surface area contributed by atoms with Gasteiger partial charge in [0, 0.05) is 0 Å². The van der Waals surface area contributed by atoms with Crippen LogP contribution < -0.4 is 4.74 Å². The monoisotopic (exact) mass is 163 g/mol. The average Bonchev–Trinajstić information content (AvgIpc) is 2.84. The molecule has 1 atom stereocenters. The molecule has 1 unspecified atom stereocenters. The second-order valence-electron chi connectivity index (χ2n) is 2.91. The molecule has 2 nitrogen and oxygen atoms in total. The molecular weight excluding hydrogens is 152 g/mol. The summed E-state index contributed by atoms with van der Waals surface area (Å²) in [4.78, 5) is 0. The van der Waals surface area contributed by atoms with Crippen LogP contribution in [0.15, 0.2) is 24.3 Å². The SMILES string of the molecule is [CH2]c1cccc(OCC2CO2)c1. The predicted octanol–water partition coefficient (Wildman–Crippen LogP) is 1.65. The van der Waals surface area contributed by atoms with E-state index in [2.05, 4.69) is 6.92 Å². The predicted molar refractivity (Wildman–Crippen MR) is 46.1 cm³/mol. The van der Waals surface area contributed by atoms with E-state index in [0.29, 0.717) is 12.7 Å². The van der Waals surface area contributed by atoms with Crippen LogP contribution in [0.3, 0.4) is 0 Å². The lowest BCUT2D eigenvalue weighted by Gasteiger charge is -2.03. The van der Waals surface area contributed by atoms with E-state index in [1.165, 1.54) is 0 Å². The minimum absolute atomic E-state index is 0.318. The zero-order valence-electron chi connectivity index (χ0n) is 6.82. The van der Waals surface area contributed by atoms with Crippen LogP contribution in [-0.2, 0) is 4.74 Å². The standard InChI is InChI=1S/C10H11O2/c1-8-3-2-4-9(5-8)11-6-10-7-12-10/h2-5,10H,1,6-7H2. The first kappa shape index (κ1) is 7.62. The van der Waals surface area contributed by atoms with Crippen molar-refractivity contribution in [2.45, 2.75) is 6.10 Å². The summed E-state index contributed by atoms with van der Waals surface area (Å²) in [6, 6.07) is 7.73. The van der Waals surface area contributed by atoms with Gasteiger partial charge in [-0.1, -0.05) is 12.1 Å². The van der Waals surface area contributed by atoms with Gasteiger partial charge in [0.15, 0.2) is 0 Å². The fourth-order valence-corrected chi connectivity index (χ4v) is 0.989. The highest BCUT2D eigenvalue weighted by Crippen LogP contribution is 2.15. The molecule has 1 fully saturated rings. The number of ether oxygens (including phenoxy) is 2. The summed E-state index contributed by atoms with van der Waals surface area (Å²) in [6.45, 7) is 5.31. The second kappa shape index (κ2) is 3.15. The molecule has 1 aliphatic rings. The first-order valence-corrected chi connectivity index (χ1v) is 4.01. The minimum Gasteiger partial charge on any atom is -0.491 e. The van der Waals surface area contributed by atoms with E-state index in [0.717, 1.165) is 17.9 Å². The number of epoxide rings is 1. The first-order chi connectivity index (χ1) is 5.84. The van der Waals surface area contributed by atoms with Gasteiger partial charge in [-0.05, 0) is 24.6 Å². The van der Waals surface area contributed by atoms with Crippen LogP contribution in [0.5, 0.6) is 5.75 Å². The molecule has 0 saturated carbocycles. The lowest BCUT2D eigenvalue weighted by atomic mass is 10.2. The Bertz CT molecular complexity index is 266. The fourth-order valence-electron chi connectivity index (χ4n) is 0.989. The molecule has 2 rings (SSSR count). The van der Waals surface area contributed by atoms with Crippen LogP contribution in [0.4, 0.5) is 0 Å². The maximum Gasteiger partial charge on any atom is 0.119 e. The van der Waals surface area contributed by atoms with Crippen LogP contribution in [0.25, 0.3) is 0 Å². The Morgan fingerprint density at radius 1 is 1.58 bits per heavy atom. The molecule has 1 radical (unpaired) electrons. The Morgan fingerprint density at radius 2 is 2.42 bits per heavy atom. The van der Waals surface area contributed by atoms with Crippen molar-refractivity contribution in [1.29, 1.82) is 0 Å². The van der Waals surface area contributed by atoms with Gasteiger partial charge in [-0.2, -0.15) is 0 Å². The third kappa shape index (κ3) is 1.98. The Morgan fingerprint density at radius 3 is 3.08 bits per heavy atom. The molecule has 1 heterocycles. The Balaban J connectivity index is 1.92. The average molecular weight is 163 g/mol. The smallest absolute Gasteiger partial charge is 0.119 e. The maximum absolute atomic E-state index is 5.45. The summed E-state index contributed by atoms with van der Waals surface area (Å²) in [5, 5.41) is 0. The summed E-state index contributed by atoms with van der Waals surface area (Å²) in [6.07, 6.45) is 0.318. The second-order valence-corrected chi connectivity index (χ2v) is 2.91. The molecule has 2 heteroatoms. The molecule has 1 saturated heterocycles. The van der Waals surface area contributed by atoms with Crippen molar-refractivity contribution in [3.63, 3.8) is 0 Å². The number of hydrogen-bond donors (Lipinski definition) is 0. The van der Waals surface area contributed by atoms with Gasteiger partial charge >= 0.3 is 0 Å². The van der Waals surface area contributed by atoms with Crippen LogP contribution in [0.2, 0.25) is 0 Å². The van der Waals surface area contributed by atoms with E-state index in [1.807, 2.05) is 24.3 Å². The van der Waals surface area contributed by atoms with Gasteiger partial charge in [0.2, 0.25) is 0 Å². The Labute approximate surface area is 72.1 Å². The molecule has 0 bridgehead atoms. The lowest BCUT2D eigenvalue weighted by Crippen LogP contribution is -2.03.